The van der Waals surface area contributed by atoms with Gasteiger partial charge in [0.1, 0.15) is 6.61 Å². The van der Waals surface area contributed by atoms with E-state index in [2.05, 4.69) is 5.10 Å². The molecule has 0 amide bonds. The van der Waals surface area contributed by atoms with E-state index in [9.17, 15) is 4.79 Å². The molecular weight excluding hydrogens is 383 g/mol. The maximum Gasteiger partial charge on any atom is 0.331 e. The van der Waals surface area contributed by atoms with Gasteiger partial charge in [-0.3, -0.25) is 0 Å². The minimum Gasteiger partial charge on any atom is -0.458 e. The van der Waals surface area contributed by atoms with Gasteiger partial charge in [0.05, 0.1) is 11.4 Å². The zero-order valence-electron chi connectivity index (χ0n) is 14.9. The molecule has 0 saturated carbocycles. The second-order valence-electron chi connectivity index (χ2n) is 5.97. The molecule has 0 aliphatic carbocycles. The fraction of sp³-hybridized carbons (Fsp3) is 0.143. The Morgan fingerprint density at radius 2 is 1.74 bits per heavy atom. The molecule has 0 bridgehead atoms. The summed E-state index contributed by atoms with van der Waals surface area (Å²) in [4.78, 5) is 12.1. The predicted molar refractivity (Wildman–Crippen MR) is 108 cm³/mol. The van der Waals surface area contributed by atoms with Gasteiger partial charge in [-0.05, 0) is 44.2 Å². The van der Waals surface area contributed by atoms with Crippen molar-refractivity contribution in [3.8, 4) is 5.69 Å². The van der Waals surface area contributed by atoms with Gasteiger partial charge in [-0.2, -0.15) is 5.10 Å². The first kappa shape index (κ1) is 19.2. The number of hydrogen-bond donors (Lipinski definition) is 0. The van der Waals surface area contributed by atoms with Gasteiger partial charge in [-0.15, -0.1) is 0 Å². The van der Waals surface area contributed by atoms with Crippen molar-refractivity contribution in [2.45, 2.75) is 20.5 Å². The van der Waals surface area contributed by atoms with E-state index in [1.54, 1.807) is 24.3 Å². The Hall–Kier alpha value is -2.56. The Balaban J connectivity index is 1.73. The van der Waals surface area contributed by atoms with E-state index in [0.29, 0.717) is 15.6 Å². The number of aryl methyl sites for hydroxylation is 1. The lowest BCUT2D eigenvalue weighted by Crippen LogP contribution is -2.02. The van der Waals surface area contributed by atoms with Crippen molar-refractivity contribution in [2.24, 2.45) is 0 Å². The van der Waals surface area contributed by atoms with E-state index in [0.717, 1.165) is 22.6 Å². The van der Waals surface area contributed by atoms with Crippen LogP contribution in [0.4, 0.5) is 0 Å². The summed E-state index contributed by atoms with van der Waals surface area (Å²) in [6.45, 7) is 3.88. The van der Waals surface area contributed by atoms with Crippen molar-refractivity contribution in [3.05, 3.63) is 87.2 Å². The maximum atomic E-state index is 12.1. The van der Waals surface area contributed by atoms with E-state index >= 15 is 0 Å². The normalized spacial score (nSPS) is 11.1. The SMILES string of the molecule is Cc1nn(-c2ccccc2)c(C)c1/C=C/C(=O)OCc1c(Cl)cccc1Cl. The monoisotopic (exact) mass is 400 g/mol. The van der Waals surface area contributed by atoms with Gasteiger partial charge in [0.2, 0.25) is 0 Å². The van der Waals surface area contributed by atoms with Gasteiger partial charge in [-0.25, -0.2) is 9.48 Å². The number of hydrogen-bond acceptors (Lipinski definition) is 3. The summed E-state index contributed by atoms with van der Waals surface area (Å²) in [7, 11) is 0. The van der Waals surface area contributed by atoms with Gasteiger partial charge >= 0.3 is 5.97 Å². The standard InChI is InChI=1S/C21H18Cl2N2O2/c1-14-17(15(2)25(24-14)16-7-4-3-5-8-16)11-12-21(26)27-13-18-19(22)9-6-10-20(18)23/h3-12H,13H2,1-2H3/b12-11+. The van der Waals surface area contributed by atoms with Gasteiger partial charge in [0.15, 0.2) is 0 Å². The second-order valence-corrected chi connectivity index (χ2v) is 6.79. The fourth-order valence-corrected chi connectivity index (χ4v) is 3.24. The molecule has 2 aromatic carbocycles. The highest BCUT2D eigenvalue weighted by molar-refractivity contribution is 6.35. The van der Waals surface area contributed by atoms with Crippen molar-refractivity contribution in [1.29, 1.82) is 0 Å². The van der Waals surface area contributed by atoms with Crippen LogP contribution in [0, 0.1) is 13.8 Å². The summed E-state index contributed by atoms with van der Waals surface area (Å²) >= 11 is 12.2. The van der Waals surface area contributed by atoms with E-state index < -0.39 is 5.97 Å². The van der Waals surface area contributed by atoms with Gasteiger partial charge < -0.3 is 4.74 Å². The molecule has 1 heterocycles. The lowest BCUT2D eigenvalue weighted by Gasteiger charge is -2.06. The molecule has 0 radical (unpaired) electrons. The number of nitrogens with zero attached hydrogens (tertiary/aromatic N) is 2. The summed E-state index contributed by atoms with van der Waals surface area (Å²) in [5.41, 5.74) is 4.21. The van der Waals surface area contributed by atoms with E-state index in [1.807, 2.05) is 48.9 Å². The smallest absolute Gasteiger partial charge is 0.331 e. The van der Waals surface area contributed by atoms with Crippen LogP contribution in [0.25, 0.3) is 11.8 Å². The third-order valence-electron chi connectivity index (χ3n) is 4.15. The summed E-state index contributed by atoms with van der Waals surface area (Å²) in [5, 5.41) is 5.49. The van der Waals surface area contributed by atoms with Crippen molar-refractivity contribution >= 4 is 35.2 Å². The summed E-state index contributed by atoms with van der Waals surface area (Å²) in [5.74, 6) is -0.475. The first-order chi connectivity index (χ1) is 13.0. The molecule has 6 heteroatoms. The number of carbonyl (C=O) groups excluding carboxylic acids is 1. The third-order valence-corrected chi connectivity index (χ3v) is 4.86. The molecule has 0 N–H and O–H groups in total. The number of carbonyl (C=O) groups is 1. The second kappa shape index (κ2) is 8.42. The van der Waals surface area contributed by atoms with Crippen LogP contribution in [0.1, 0.15) is 22.5 Å². The van der Waals surface area contributed by atoms with Crippen molar-refractivity contribution in [2.75, 3.05) is 0 Å². The number of esters is 1. The lowest BCUT2D eigenvalue weighted by molar-refractivity contribution is -0.138. The molecule has 0 saturated heterocycles. The highest BCUT2D eigenvalue weighted by Gasteiger charge is 2.12. The fourth-order valence-electron chi connectivity index (χ4n) is 2.73. The maximum absolute atomic E-state index is 12.1. The average Bonchev–Trinajstić information content (AvgIpc) is 2.94. The van der Waals surface area contributed by atoms with Gasteiger partial charge in [0.25, 0.3) is 0 Å². The first-order valence-electron chi connectivity index (χ1n) is 8.36. The van der Waals surface area contributed by atoms with Crippen LogP contribution in [0.15, 0.2) is 54.6 Å². The van der Waals surface area contributed by atoms with E-state index in [1.165, 1.54) is 6.08 Å². The van der Waals surface area contributed by atoms with Crippen LogP contribution < -0.4 is 0 Å². The number of para-hydroxylation sites is 1. The minimum absolute atomic E-state index is 0.0168. The summed E-state index contributed by atoms with van der Waals surface area (Å²) in [6, 6.07) is 15.0. The zero-order valence-corrected chi connectivity index (χ0v) is 16.5. The summed E-state index contributed by atoms with van der Waals surface area (Å²) in [6.07, 6.45) is 3.10. The van der Waals surface area contributed by atoms with Crippen LogP contribution in [0.3, 0.4) is 0 Å². The molecule has 1 aromatic heterocycles. The van der Waals surface area contributed by atoms with E-state index in [4.69, 9.17) is 27.9 Å². The molecule has 3 rings (SSSR count). The Kier molecular flexibility index (Phi) is 5.99. The van der Waals surface area contributed by atoms with E-state index in [-0.39, 0.29) is 6.61 Å². The number of rotatable bonds is 5. The van der Waals surface area contributed by atoms with Crippen LogP contribution in [0.5, 0.6) is 0 Å². The molecule has 138 valence electrons. The molecule has 3 aromatic rings. The Morgan fingerprint density at radius 3 is 2.41 bits per heavy atom. The molecule has 0 unspecified atom stereocenters. The average molecular weight is 401 g/mol. The predicted octanol–water partition coefficient (Wildman–Crippen LogP) is 5.55. The summed E-state index contributed by atoms with van der Waals surface area (Å²) < 4.78 is 7.11. The molecule has 27 heavy (non-hydrogen) atoms. The highest BCUT2D eigenvalue weighted by Crippen LogP contribution is 2.25. The molecule has 4 nitrogen and oxygen atoms in total. The number of aromatic nitrogens is 2. The Bertz CT molecular complexity index is 975. The van der Waals surface area contributed by atoms with Crippen LogP contribution in [-0.4, -0.2) is 15.7 Å². The largest absolute Gasteiger partial charge is 0.458 e. The number of benzene rings is 2. The quantitative estimate of drug-likeness (QED) is 0.416. The minimum atomic E-state index is -0.475. The molecule has 0 aliphatic rings. The number of halogens is 2. The topological polar surface area (TPSA) is 44.1 Å². The molecule has 0 spiro atoms. The molecule has 0 aliphatic heterocycles. The Morgan fingerprint density at radius 1 is 1.07 bits per heavy atom. The van der Waals surface area contributed by atoms with Crippen LogP contribution >= 0.6 is 23.2 Å². The van der Waals surface area contributed by atoms with Gasteiger partial charge in [-0.1, -0.05) is 47.5 Å². The zero-order chi connectivity index (χ0) is 19.4. The lowest BCUT2D eigenvalue weighted by atomic mass is 10.2. The Labute approximate surface area is 168 Å². The molecule has 0 atom stereocenters. The first-order valence-corrected chi connectivity index (χ1v) is 9.12. The van der Waals surface area contributed by atoms with Crippen molar-refractivity contribution in [3.63, 3.8) is 0 Å². The third kappa shape index (κ3) is 4.41. The van der Waals surface area contributed by atoms with Crippen molar-refractivity contribution < 1.29 is 9.53 Å². The molecular formula is C21H18Cl2N2O2. The highest BCUT2D eigenvalue weighted by atomic mass is 35.5. The van der Waals surface area contributed by atoms with Crippen molar-refractivity contribution in [1.82, 2.24) is 9.78 Å². The number of ether oxygens (including phenoxy) is 1. The van der Waals surface area contributed by atoms with Gasteiger partial charge in [0, 0.05) is 32.9 Å². The van der Waals surface area contributed by atoms with Crippen LogP contribution in [0.2, 0.25) is 10.0 Å². The molecule has 0 fully saturated rings. The van der Waals surface area contributed by atoms with Crippen LogP contribution in [-0.2, 0) is 16.1 Å².